The van der Waals surface area contributed by atoms with Crippen LogP contribution in [0.3, 0.4) is 0 Å². The van der Waals surface area contributed by atoms with Gasteiger partial charge in [-0.2, -0.15) is 0 Å². The molecular formula is C13H12N2O. The van der Waals surface area contributed by atoms with Gasteiger partial charge in [0.2, 0.25) is 0 Å². The number of aryl methyl sites for hydroxylation is 1. The van der Waals surface area contributed by atoms with Crippen LogP contribution < -0.4 is 0 Å². The van der Waals surface area contributed by atoms with Crippen LogP contribution in [0.1, 0.15) is 29.3 Å². The number of hydrogen-bond acceptors (Lipinski definition) is 3. The fourth-order valence-electron chi connectivity index (χ4n) is 2.30. The summed E-state index contributed by atoms with van der Waals surface area (Å²) in [5, 5.41) is 9.22. The zero-order chi connectivity index (χ0) is 11.0. The zero-order valence-corrected chi connectivity index (χ0v) is 8.80. The molecule has 0 aliphatic heterocycles. The minimum Gasteiger partial charge on any atom is -0.506 e. The molecule has 16 heavy (non-hydrogen) atoms. The number of pyridine rings is 2. The fraction of sp³-hybridized carbons (Fsp3) is 0.231. The van der Waals surface area contributed by atoms with Crippen LogP contribution in [0, 0.1) is 0 Å². The molecule has 0 saturated carbocycles. The van der Waals surface area contributed by atoms with Crippen molar-refractivity contribution < 1.29 is 5.11 Å². The molecule has 0 bridgehead atoms. The second-order valence-electron chi connectivity index (χ2n) is 4.08. The van der Waals surface area contributed by atoms with Gasteiger partial charge in [-0.05, 0) is 36.6 Å². The lowest BCUT2D eigenvalue weighted by Gasteiger charge is -2.09. The van der Waals surface area contributed by atoms with Gasteiger partial charge in [-0.15, -0.1) is 0 Å². The normalized spacial score (nSPS) is 18.4. The Kier molecular flexibility index (Phi) is 2.10. The first-order valence-corrected chi connectivity index (χ1v) is 5.43. The van der Waals surface area contributed by atoms with Crippen molar-refractivity contribution in [3.8, 4) is 5.75 Å². The quantitative estimate of drug-likeness (QED) is 0.788. The Morgan fingerprint density at radius 3 is 2.94 bits per heavy atom. The van der Waals surface area contributed by atoms with Crippen LogP contribution in [0.15, 0.2) is 36.7 Å². The van der Waals surface area contributed by atoms with E-state index in [1.54, 1.807) is 6.07 Å². The van der Waals surface area contributed by atoms with E-state index in [9.17, 15) is 5.11 Å². The van der Waals surface area contributed by atoms with Crippen LogP contribution in [-0.4, -0.2) is 15.1 Å². The van der Waals surface area contributed by atoms with Crippen molar-refractivity contribution >= 4 is 0 Å². The lowest BCUT2D eigenvalue weighted by Crippen LogP contribution is -2.00. The number of aromatic nitrogens is 2. The SMILES string of the molecule is Oc1ccc(C2CCc3cccnc32)nc1. The maximum atomic E-state index is 9.22. The summed E-state index contributed by atoms with van der Waals surface area (Å²) in [6.45, 7) is 0. The number of rotatable bonds is 1. The van der Waals surface area contributed by atoms with Crippen molar-refractivity contribution in [1.82, 2.24) is 9.97 Å². The third kappa shape index (κ3) is 1.45. The van der Waals surface area contributed by atoms with Crippen molar-refractivity contribution in [3.63, 3.8) is 0 Å². The van der Waals surface area contributed by atoms with E-state index in [1.165, 1.54) is 11.8 Å². The summed E-state index contributed by atoms with van der Waals surface area (Å²) >= 11 is 0. The molecule has 0 fully saturated rings. The molecule has 1 aliphatic rings. The predicted octanol–water partition coefficient (Wildman–Crippen LogP) is 2.26. The summed E-state index contributed by atoms with van der Waals surface area (Å²) in [5.74, 6) is 0.500. The third-order valence-electron chi connectivity index (χ3n) is 3.09. The smallest absolute Gasteiger partial charge is 0.133 e. The van der Waals surface area contributed by atoms with Crippen molar-refractivity contribution in [2.24, 2.45) is 0 Å². The van der Waals surface area contributed by atoms with Crippen LogP contribution in [0.25, 0.3) is 0 Å². The molecule has 3 rings (SSSR count). The van der Waals surface area contributed by atoms with E-state index >= 15 is 0 Å². The van der Waals surface area contributed by atoms with E-state index in [4.69, 9.17) is 0 Å². The van der Waals surface area contributed by atoms with Crippen molar-refractivity contribution in [3.05, 3.63) is 53.6 Å². The Morgan fingerprint density at radius 1 is 1.19 bits per heavy atom. The fourth-order valence-corrected chi connectivity index (χ4v) is 2.30. The number of aromatic hydroxyl groups is 1. The molecular weight excluding hydrogens is 200 g/mol. The molecule has 1 N–H and O–H groups in total. The van der Waals surface area contributed by atoms with Crippen LogP contribution in [0.2, 0.25) is 0 Å². The summed E-state index contributed by atoms with van der Waals surface area (Å²) in [6.07, 6.45) is 5.45. The highest BCUT2D eigenvalue weighted by Crippen LogP contribution is 2.35. The molecule has 2 heterocycles. The van der Waals surface area contributed by atoms with Gasteiger partial charge in [-0.3, -0.25) is 9.97 Å². The summed E-state index contributed by atoms with van der Waals surface area (Å²) in [7, 11) is 0. The molecule has 3 nitrogen and oxygen atoms in total. The predicted molar refractivity (Wildman–Crippen MR) is 60.3 cm³/mol. The molecule has 3 heteroatoms. The Morgan fingerprint density at radius 2 is 2.12 bits per heavy atom. The molecule has 1 unspecified atom stereocenters. The Hall–Kier alpha value is -1.90. The van der Waals surface area contributed by atoms with E-state index in [0.717, 1.165) is 24.2 Å². The topological polar surface area (TPSA) is 46.0 Å². The van der Waals surface area contributed by atoms with E-state index in [1.807, 2.05) is 18.3 Å². The van der Waals surface area contributed by atoms with Gasteiger partial charge in [0.15, 0.2) is 0 Å². The minimum absolute atomic E-state index is 0.211. The van der Waals surface area contributed by atoms with Crippen LogP contribution in [-0.2, 0) is 6.42 Å². The first-order valence-electron chi connectivity index (χ1n) is 5.43. The van der Waals surface area contributed by atoms with Crippen LogP contribution in [0.5, 0.6) is 5.75 Å². The molecule has 1 atom stereocenters. The van der Waals surface area contributed by atoms with Gasteiger partial charge < -0.3 is 5.11 Å². The molecule has 0 amide bonds. The molecule has 0 aromatic carbocycles. The van der Waals surface area contributed by atoms with Gasteiger partial charge in [-0.1, -0.05) is 6.07 Å². The lowest BCUT2D eigenvalue weighted by atomic mass is 10.0. The van der Waals surface area contributed by atoms with E-state index in [-0.39, 0.29) is 11.7 Å². The molecule has 1 aliphatic carbocycles. The number of nitrogens with zero attached hydrogens (tertiary/aromatic N) is 2. The molecule has 0 saturated heterocycles. The van der Waals surface area contributed by atoms with Gasteiger partial charge >= 0.3 is 0 Å². The maximum absolute atomic E-state index is 9.22. The lowest BCUT2D eigenvalue weighted by molar-refractivity contribution is 0.471. The van der Waals surface area contributed by atoms with Crippen molar-refractivity contribution in [2.75, 3.05) is 0 Å². The van der Waals surface area contributed by atoms with E-state index in [2.05, 4.69) is 16.0 Å². The number of fused-ring (bicyclic) bond motifs is 1. The highest BCUT2D eigenvalue weighted by Gasteiger charge is 2.25. The molecule has 80 valence electrons. The van der Waals surface area contributed by atoms with Crippen LogP contribution >= 0.6 is 0 Å². The highest BCUT2D eigenvalue weighted by molar-refractivity contribution is 5.35. The monoisotopic (exact) mass is 212 g/mol. The minimum atomic E-state index is 0.211. The van der Waals surface area contributed by atoms with Gasteiger partial charge in [-0.25, -0.2) is 0 Å². The average molecular weight is 212 g/mol. The first kappa shape index (κ1) is 9.33. The van der Waals surface area contributed by atoms with Gasteiger partial charge in [0.25, 0.3) is 0 Å². The summed E-state index contributed by atoms with van der Waals surface area (Å²) in [5.41, 5.74) is 3.46. The van der Waals surface area contributed by atoms with E-state index < -0.39 is 0 Å². The Labute approximate surface area is 93.8 Å². The largest absolute Gasteiger partial charge is 0.506 e. The molecule has 0 spiro atoms. The van der Waals surface area contributed by atoms with Gasteiger partial charge in [0.05, 0.1) is 11.9 Å². The van der Waals surface area contributed by atoms with Gasteiger partial charge in [0.1, 0.15) is 5.75 Å². The van der Waals surface area contributed by atoms with Crippen LogP contribution in [0.4, 0.5) is 0 Å². The maximum Gasteiger partial charge on any atom is 0.133 e. The third-order valence-corrected chi connectivity index (χ3v) is 3.09. The standard InChI is InChI=1S/C13H12N2O/c16-10-4-6-12(15-8-10)11-5-3-9-2-1-7-14-13(9)11/h1-2,4,6-8,11,16H,3,5H2. The van der Waals surface area contributed by atoms with Crippen molar-refractivity contribution in [1.29, 1.82) is 0 Å². The molecule has 0 radical (unpaired) electrons. The summed E-state index contributed by atoms with van der Waals surface area (Å²) in [4.78, 5) is 8.71. The Balaban J connectivity index is 2.01. The van der Waals surface area contributed by atoms with E-state index in [0.29, 0.717) is 0 Å². The second-order valence-corrected chi connectivity index (χ2v) is 4.08. The zero-order valence-electron chi connectivity index (χ0n) is 8.80. The summed E-state index contributed by atoms with van der Waals surface area (Å²) in [6, 6.07) is 7.67. The second kappa shape index (κ2) is 3.59. The highest BCUT2D eigenvalue weighted by atomic mass is 16.3. The average Bonchev–Trinajstić information content (AvgIpc) is 2.74. The number of hydrogen-bond donors (Lipinski definition) is 1. The molecule has 2 aromatic rings. The first-order chi connectivity index (χ1) is 7.84. The van der Waals surface area contributed by atoms with Crippen molar-refractivity contribution in [2.45, 2.75) is 18.8 Å². The summed E-state index contributed by atoms with van der Waals surface area (Å²) < 4.78 is 0. The molecule has 2 aromatic heterocycles. The van der Waals surface area contributed by atoms with Gasteiger partial charge in [0, 0.05) is 17.8 Å². The Bertz CT molecular complexity index is 508.